The maximum absolute atomic E-state index is 12.4. The normalized spacial score (nSPS) is 16.0. The van der Waals surface area contributed by atoms with Gasteiger partial charge in [0.2, 0.25) is 15.9 Å². The molecule has 1 heterocycles. The summed E-state index contributed by atoms with van der Waals surface area (Å²) < 4.78 is 27.6. The number of nitrogens with one attached hydrogen (secondary N) is 2. The lowest BCUT2D eigenvalue weighted by atomic mass is 10.1. The zero-order valence-corrected chi connectivity index (χ0v) is 14.2. The van der Waals surface area contributed by atoms with Crippen molar-refractivity contribution in [3.63, 3.8) is 0 Å². The van der Waals surface area contributed by atoms with Crippen LogP contribution in [0.3, 0.4) is 0 Å². The molecule has 4 N–H and O–H groups in total. The highest BCUT2D eigenvalue weighted by Gasteiger charge is 2.25. The fourth-order valence-corrected chi connectivity index (χ4v) is 4.11. The molecule has 1 atom stereocenters. The molecule has 1 amide bonds. The molecule has 1 aliphatic heterocycles. The van der Waals surface area contributed by atoms with Gasteiger partial charge in [-0.05, 0) is 39.5 Å². The summed E-state index contributed by atoms with van der Waals surface area (Å²) in [4.78, 5) is 11.5. The molecule has 0 saturated heterocycles. The van der Waals surface area contributed by atoms with Crippen molar-refractivity contribution in [3.8, 4) is 0 Å². The van der Waals surface area contributed by atoms with Crippen LogP contribution >= 0.6 is 15.9 Å². The second-order valence-corrected chi connectivity index (χ2v) is 8.01. The highest BCUT2D eigenvalue weighted by atomic mass is 79.9. The van der Waals surface area contributed by atoms with Gasteiger partial charge < -0.3 is 11.1 Å². The second kappa shape index (κ2) is 6.04. The highest BCUT2D eigenvalue weighted by Crippen LogP contribution is 2.32. The van der Waals surface area contributed by atoms with Gasteiger partial charge in [-0.15, -0.1) is 0 Å². The van der Waals surface area contributed by atoms with Crippen molar-refractivity contribution < 1.29 is 13.2 Å². The fraction of sp³-hybridized carbons (Fsp3) is 0.462. The zero-order valence-electron chi connectivity index (χ0n) is 11.8. The SMILES string of the molecule is CC(C)C(N)CNS(=O)(=O)c1cc2c(cc1Br)NC(=O)C2. The molecular weight excluding hydrogens is 358 g/mol. The van der Waals surface area contributed by atoms with Gasteiger partial charge in [-0.3, -0.25) is 4.79 Å². The minimum atomic E-state index is -3.67. The molecular formula is C13H18BrN3O3S. The van der Waals surface area contributed by atoms with E-state index in [-0.39, 0.29) is 35.7 Å². The van der Waals surface area contributed by atoms with Gasteiger partial charge in [0.05, 0.1) is 11.3 Å². The summed E-state index contributed by atoms with van der Waals surface area (Å²) >= 11 is 3.24. The maximum Gasteiger partial charge on any atom is 0.241 e. The Morgan fingerprint density at radius 2 is 2.10 bits per heavy atom. The molecule has 1 aliphatic rings. The van der Waals surface area contributed by atoms with Gasteiger partial charge in [0.25, 0.3) is 0 Å². The Kier molecular flexibility index (Phi) is 4.72. The number of rotatable bonds is 5. The molecule has 1 aromatic rings. The molecule has 1 aromatic carbocycles. The number of anilines is 1. The quantitative estimate of drug-likeness (QED) is 0.719. The second-order valence-electron chi connectivity index (χ2n) is 5.42. The predicted octanol–water partition coefficient (Wildman–Crippen LogP) is 1.21. The van der Waals surface area contributed by atoms with E-state index in [4.69, 9.17) is 5.73 Å². The van der Waals surface area contributed by atoms with Crippen molar-refractivity contribution in [2.24, 2.45) is 11.7 Å². The van der Waals surface area contributed by atoms with E-state index >= 15 is 0 Å². The zero-order chi connectivity index (χ0) is 15.8. The summed E-state index contributed by atoms with van der Waals surface area (Å²) in [5, 5.41) is 2.68. The van der Waals surface area contributed by atoms with Crippen molar-refractivity contribution in [2.75, 3.05) is 11.9 Å². The molecule has 0 bridgehead atoms. The van der Waals surface area contributed by atoms with E-state index < -0.39 is 10.0 Å². The van der Waals surface area contributed by atoms with Crippen molar-refractivity contribution in [2.45, 2.75) is 31.2 Å². The van der Waals surface area contributed by atoms with Crippen molar-refractivity contribution >= 4 is 37.5 Å². The number of nitrogens with two attached hydrogens (primary N) is 1. The van der Waals surface area contributed by atoms with E-state index in [1.165, 1.54) is 6.07 Å². The number of halogens is 1. The summed E-state index contributed by atoms with van der Waals surface area (Å²) in [6.07, 6.45) is 0.191. The van der Waals surface area contributed by atoms with Crippen LogP contribution in [0.1, 0.15) is 19.4 Å². The Morgan fingerprint density at radius 3 is 2.71 bits per heavy atom. The lowest BCUT2D eigenvalue weighted by Gasteiger charge is -2.17. The Bertz CT molecular complexity index is 673. The smallest absolute Gasteiger partial charge is 0.241 e. The van der Waals surface area contributed by atoms with Crippen LogP contribution in [0, 0.1) is 5.92 Å². The van der Waals surface area contributed by atoms with E-state index in [2.05, 4.69) is 26.0 Å². The Morgan fingerprint density at radius 1 is 1.43 bits per heavy atom. The first-order valence-electron chi connectivity index (χ1n) is 6.58. The molecule has 0 aliphatic carbocycles. The van der Waals surface area contributed by atoms with Crippen LogP contribution in [-0.4, -0.2) is 26.9 Å². The maximum atomic E-state index is 12.4. The van der Waals surface area contributed by atoms with E-state index in [0.29, 0.717) is 15.7 Å². The molecule has 0 aromatic heterocycles. The number of carbonyl (C=O) groups is 1. The Hall–Kier alpha value is -0.960. The molecule has 8 heteroatoms. The summed E-state index contributed by atoms with van der Waals surface area (Å²) in [6.45, 7) is 4.03. The first-order valence-corrected chi connectivity index (χ1v) is 8.86. The van der Waals surface area contributed by atoms with E-state index in [1.54, 1.807) is 6.07 Å². The van der Waals surface area contributed by atoms with Gasteiger partial charge in [0.1, 0.15) is 0 Å². The number of hydrogen-bond donors (Lipinski definition) is 3. The number of sulfonamides is 1. The third-order valence-electron chi connectivity index (χ3n) is 3.44. The molecule has 0 spiro atoms. The first-order chi connectivity index (χ1) is 9.70. The summed E-state index contributed by atoms with van der Waals surface area (Å²) in [6, 6.07) is 2.87. The number of amides is 1. The van der Waals surface area contributed by atoms with E-state index in [9.17, 15) is 13.2 Å². The monoisotopic (exact) mass is 375 g/mol. The lowest BCUT2D eigenvalue weighted by molar-refractivity contribution is -0.115. The predicted molar refractivity (Wildman–Crippen MR) is 84.5 cm³/mol. The Labute approximate surface area is 132 Å². The number of carbonyl (C=O) groups excluding carboxylic acids is 1. The van der Waals surface area contributed by atoms with Crippen LogP contribution in [0.15, 0.2) is 21.5 Å². The van der Waals surface area contributed by atoms with E-state index in [0.717, 1.165) is 0 Å². The van der Waals surface area contributed by atoms with Gasteiger partial charge in [-0.1, -0.05) is 13.8 Å². The van der Waals surface area contributed by atoms with Crippen LogP contribution in [0.2, 0.25) is 0 Å². The van der Waals surface area contributed by atoms with Crippen LogP contribution in [-0.2, 0) is 21.2 Å². The van der Waals surface area contributed by atoms with Gasteiger partial charge in [0.15, 0.2) is 0 Å². The Balaban J connectivity index is 2.25. The molecule has 6 nitrogen and oxygen atoms in total. The highest BCUT2D eigenvalue weighted by molar-refractivity contribution is 9.10. The lowest BCUT2D eigenvalue weighted by Crippen LogP contribution is -2.40. The van der Waals surface area contributed by atoms with Crippen LogP contribution in [0.5, 0.6) is 0 Å². The minimum Gasteiger partial charge on any atom is -0.326 e. The summed E-state index contributed by atoms with van der Waals surface area (Å²) in [5.41, 5.74) is 7.18. The average molecular weight is 376 g/mol. The molecule has 0 fully saturated rings. The van der Waals surface area contributed by atoms with Crippen LogP contribution < -0.4 is 15.8 Å². The number of benzene rings is 1. The molecule has 0 saturated carbocycles. The van der Waals surface area contributed by atoms with Gasteiger partial charge in [-0.25, -0.2) is 13.1 Å². The topological polar surface area (TPSA) is 101 Å². The summed E-state index contributed by atoms with van der Waals surface area (Å²) in [7, 11) is -3.67. The van der Waals surface area contributed by atoms with E-state index in [1.807, 2.05) is 13.8 Å². The molecule has 0 radical (unpaired) electrons. The number of hydrogen-bond acceptors (Lipinski definition) is 4. The van der Waals surface area contributed by atoms with Crippen molar-refractivity contribution in [1.29, 1.82) is 0 Å². The van der Waals surface area contributed by atoms with Crippen LogP contribution in [0.25, 0.3) is 0 Å². The summed E-state index contributed by atoms with van der Waals surface area (Å²) in [5.74, 6) is 0.0409. The van der Waals surface area contributed by atoms with Gasteiger partial charge >= 0.3 is 0 Å². The van der Waals surface area contributed by atoms with Crippen molar-refractivity contribution in [3.05, 3.63) is 22.2 Å². The number of fused-ring (bicyclic) bond motifs is 1. The fourth-order valence-electron chi connectivity index (χ4n) is 1.95. The molecule has 2 rings (SSSR count). The third kappa shape index (κ3) is 3.63. The largest absolute Gasteiger partial charge is 0.326 e. The van der Waals surface area contributed by atoms with Crippen LogP contribution in [0.4, 0.5) is 5.69 Å². The first kappa shape index (κ1) is 16.4. The minimum absolute atomic E-state index is 0.119. The van der Waals surface area contributed by atoms with Gasteiger partial charge in [-0.2, -0.15) is 0 Å². The average Bonchev–Trinajstić information content (AvgIpc) is 2.73. The third-order valence-corrected chi connectivity index (χ3v) is 5.82. The molecule has 116 valence electrons. The molecule has 1 unspecified atom stereocenters. The standard InChI is InChI=1S/C13H18BrN3O3S/c1-7(2)10(15)6-16-21(19,20)12-3-8-4-13(18)17-11(8)5-9(12)14/h3,5,7,10,16H,4,6,15H2,1-2H3,(H,17,18). The molecule has 21 heavy (non-hydrogen) atoms. The van der Waals surface area contributed by atoms with Gasteiger partial charge in [0, 0.05) is 22.7 Å². The van der Waals surface area contributed by atoms with Crippen molar-refractivity contribution in [1.82, 2.24) is 4.72 Å².